The molecule has 94 valence electrons. The maximum atomic E-state index is 12.1. The molecule has 0 aliphatic carbocycles. The van der Waals surface area contributed by atoms with Gasteiger partial charge in [-0.1, -0.05) is 18.2 Å². The normalized spacial score (nSPS) is 10.6. The van der Waals surface area contributed by atoms with Crippen molar-refractivity contribution in [1.29, 1.82) is 0 Å². The van der Waals surface area contributed by atoms with Gasteiger partial charge in [-0.3, -0.25) is 14.5 Å². The number of aryl methyl sites for hydroxylation is 1. The van der Waals surface area contributed by atoms with Crippen LogP contribution in [0.2, 0.25) is 0 Å². The van der Waals surface area contributed by atoms with E-state index in [1.54, 1.807) is 24.1 Å². The van der Waals surface area contributed by atoms with E-state index in [-0.39, 0.29) is 5.91 Å². The highest BCUT2D eigenvalue weighted by Gasteiger charge is 2.10. The first-order chi connectivity index (χ1) is 9.24. The van der Waals surface area contributed by atoms with Crippen molar-refractivity contribution in [2.75, 3.05) is 5.32 Å². The van der Waals surface area contributed by atoms with Crippen LogP contribution in [-0.4, -0.2) is 20.7 Å². The van der Waals surface area contributed by atoms with Crippen LogP contribution in [-0.2, 0) is 7.05 Å². The van der Waals surface area contributed by atoms with Gasteiger partial charge in [0.15, 0.2) is 0 Å². The van der Waals surface area contributed by atoms with E-state index in [1.165, 1.54) is 6.20 Å². The first-order valence-electron chi connectivity index (χ1n) is 5.88. The summed E-state index contributed by atoms with van der Waals surface area (Å²) in [6.45, 7) is 0. The van der Waals surface area contributed by atoms with E-state index in [0.717, 1.165) is 10.9 Å². The third-order valence-electron chi connectivity index (χ3n) is 2.85. The molecule has 3 aromatic rings. The summed E-state index contributed by atoms with van der Waals surface area (Å²) >= 11 is 0. The summed E-state index contributed by atoms with van der Waals surface area (Å²) in [6, 6.07) is 9.52. The third kappa shape index (κ3) is 2.18. The fourth-order valence-corrected chi connectivity index (χ4v) is 1.94. The lowest BCUT2D eigenvalue weighted by atomic mass is 10.2. The molecule has 2 heterocycles. The summed E-state index contributed by atoms with van der Waals surface area (Å²) in [6.07, 6.45) is 4.92. The smallest absolute Gasteiger partial charge is 0.258 e. The van der Waals surface area contributed by atoms with Crippen molar-refractivity contribution >= 4 is 22.5 Å². The van der Waals surface area contributed by atoms with E-state index < -0.39 is 0 Å². The molecule has 0 fully saturated rings. The van der Waals surface area contributed by atoms with E-state index in [9.17, 15) is 4.79 Å². The molecule has 5 heteroatoms. The van der Waals surface area contributed by atoms with E-state index in [1.807, 2.05) is 30.3 Å². The highest BCUT2D eigenvalue weighted by atomic mass is 16.1. The summed E-state index contributed by atoms with van der Waals surface area (Å²) in [7, 11) is 1.77. The Balaban J connectivity index is 1.95. The first-order valence-corrected chi connectivity index (χ1v) is 5.88. The van der Waals surface area contributed by atoms with Gasteiger partial charge in [0, 0.05) is 24.8 Å². The van der Waals surface area contributed by atoms with Crippen LogP contribution >= 0.6 is 0 Å². The molecule has 1 N–H and O–H groups in total. The molecule has 19 heavy (non-hydrogen) atoms. The van der Waals surface area contributed by atoms with Crippen LogP contribution in [0.4, 0.5) is 5.69 Å². The number of carbonyl (C=O) groups is 1. The zero-order chi connectivity index (χ0) is 13.2. The van der Waals surface area contributed by atoms with Crippen molar-refractivity contribution < 1.29 is 4.79 Å². The molecule has 0 unspecified atom stereocenters. The van der Waals surface area contributed by atoms with Crippen LogP contribution < -0.4 is 5.32 Å². The molecule has 3 rings (SSSR count). The van der Waals surface area contributed by atoms with Crippen LogP contribution in [0.15, 0.2) is 48.9 Å². The Labute approximate surface area is 109 Å². The zero-order valence-corrected chi connectivity index (χ0v) is 10.4. The summed E-state index contributed by atoms with van der Waals surface area (Å²) in [5.41, 5.74) is 2.00. The van der Waals surface area contributed by atoms with Crippen LogP contribution in [0.1, 0.15) is 10.4 Å². The van der Waals surface area contributed by atoms with Crippen LogP contribution in [0.25, 0.3) is 10.9 Å². The lowest BCUT2D eigenvalue weighted by molar-refractivity contribution is 0.102. The topological polar surface area (TPSA) is 59.8 Å². The number of pyridine rings is 1. The van der Waals surface area contributed by atoms with Gasteiger partial charge in [0.25, 0.3) is 5.91 Å². The molecule has 0 bridgehead atoms. The number of hydrogen-bond acceptors (Lipinski definition) is 3. The number of benzene rings is 1. The summed E-state index contributed by atoms with van der Waals surface area (Å²) in [5, 5.41) is 7.83. The number of nitrogens with one attached hydrogen (secondary N) is 1. The lowest BCUT2D eigenvalue weighted by Gasteiger charge is -2.06. The van der Waals surface area contributed by atoms with Crippen molar-refractivity contribution in [1.82, 2.24) is 14.8 Å². The Bertz CT molecular complexity index is 743. The number of fused-ring (bicyclic) bond motifs is 1. The van der Waals surface area contributed by atoms with Gasteiger partial charge in [-0.15, -0.1) is 0 Å². The molecular formula is C14H12N4O. The second-order valence-corrected chi connectivity index (χ2v) is 4.24. The summed E-state index contributed by atoms with van der Waals surface area (Å²) in [5.74, 6) is -0.189. The van der Waals surface area contributed by atoms with Crippen molar-refractivity contribution in [2.45, 2.75) is 0 Å². The number of rotatable bonds is 2. The average molecular weight is 252 g/mol. The Morgan fingerprint density at radius 2 is 2.11 bits per heavy atom. The second kappa shape index (κ2) is 4.53. The quantitative estimate of drug-likeness (QED) is 0.760. The van der Waals surface area contributed by atoms with Crippen LogP contribution in [0, 0.1) is 0 Å². The standard InChI is InChI=1S/C14H12N4O/c1-18-9-11(8-16-18)14(19)17-12-6-2-4-10-5-3-7-15-13(10)12/h2-9H,1H3,(H,17,19). The molecule has 0 saturated carbocycles. The monoisotopic (exact) mass is 252 g/mol. The number of nitrogens with zero attached hydrogens (tertiary/aromatic N) is 3. The summed E-state index contributed by atoms with van der Waals surface area (Å²) < 4.78 is 1.59. The van der Waals surface area contributed by atoms with Crippen LogP contribution in [0.3, 0.4) is 0 Å². The first kappa shape index (κ1) is 11.4. The molecule has 2 aromatic heterocycles. The number of amides is 1. The molecule has 0 atom stereocenters. The number of carbonyl (C=O) groups excluding carboxylic acids is 1. The molecule has 5 nitrogen and oxygen atoms in total. The third-order valence-corrected chi connectivity index (χ3v) is 2.85. The van der Waals surface area contributed by atoms with E-state index in [2.05, 4.69) is 15.4 Å². The largest absolute Gasteiger partial charge is 0.320 e. The maximum absolute atomic E-state index is 12.1. The molecule has 1 aromatic carbocycles. The maximum Gasteiger partial charge on any atom is 0.258 e. The Kier molecular flexibility index (Phi) is 2.72. The van der Waals surface area contributed by atoms with E-state index >= 15 is 0 Å². The minimum absolute atomic E-state index is 0.189. The molecule has 0 spiro atoms. The van der Waals surface area contributed by atoms with Gasteiger partial charge in [0.05, 0.1) is 23.0 Å². The number of hydrogen-bond donors (Lipinski definition) is 1. The second-order valence-electron chi connectivity index (χ2n) is 4.24. The highest BCUT2D eigenvalue weighted by Crippen LogP contribution is 2.21. The zero-order valence-electron chi connectivity index (χ0n) is 10.4. The summed E-state index contributed by atoms with van der Waals surface area (Å²) in [4.78, 5) is 16.4. The van der Waals surface area contributed by atoms with Crippen molar-refractivity contribution in [3.05, 3.63) is 54.5 Å². The van der Waals surface area contributed by atoms with Gasteiger partial charge >= 0.3 is 0 Å². The predicted molar refractivity (Wildman–Crippen MR) is 72.9 cm³/mol. The molecule has 0 aliphatic heterocycles. The molecule has 0 saturated heterocycles. The Morgan fingerprint density at radius 3 is 2.89 bits per heavy atom. The van der Waals surface area contributed by atoms with Crippen molar-refractivity contribution in [3.63, 3.8) is 0 Å². The predicted octanol–water partition coefficient (Wildman–Crippen LogP) is 2.22. The number of para-hydroxylation sites is 1. The number of aromatic nitrogens is 3. The fourth-order valence-electron chi connectivity index (χ4n) is 1.94. The molecule has 0 radical (unpaired) electrons. The van der Waals surface area contributed by atoms with Gasteiger partial charge in [-0.2, -0.15) is 5.10 Å². The van der Waals surface area contributed by atoms with E-state index in [0.29, 0.717) is 11.3 Å². The Morgan fingerprint density at radius 1 is 1.26 bits per heavy atom. The molecular weight excluding hydrogens is 240 g/mol. The van der Waals surface area contributed by atoms with E-state index in [4.69, 9.17) is 0 Å². The average Bonchev–Trinajstić information content (AvgIpc) is 2.86. The minimum Gasteiger partial charge on any atom is -0.320 e. The number of anilines is 1. The van der Waals surface area contributed by atoms with Gasteiger partial charge < -0.3 is 5.32 Å². The SMILES string of the molecule is Cn1cc(C(=O)Nc2cccc3cccnc23)cn1. The fraction of sp³-hybridized carbons (Fsp3) is 0.0714. The Hall–Kier alpha value is -2.69. The van der Waals surface area contributed by atoms with Gasteiger partial charge in [-0.25, -0.2) is 0 Å². The molecule has 1 amide bonds. The van der Waals surface area contributed by atoms with Gasteiger partial charge in [-0.05, 0) is 12.1 Å². The van der Waals surface area contributed by atoms with Crippen LogP contribution in [0.5, 0.6) is 0 Å². The molecule has 0 aliphatic rings. The van der Waals surface area contributed by atoms with Gasteiger partial charge in [0.2, 0.25) is 0 Å². The highest BCUT2D eigenvalue weighted by molar-refractivity contribution is 6.08. The minimum atomic E-state index is -0.189. The lowest BCUT2D eigenvalue weighted by Crippen LogP contribution is -2.11. The van der Waals surface area contributed by atoms with Crippen molar-refractivity contribution in [3.8, 4) is 0 Å². The van der Waals surface area contributed by atoms with Gasteiger partial charge in [0.1, 0.15) is 0 Å². The van der Waals surface area contributed by atoms with Crippen molar-refractivity contribution in [2.24, 2.45) is 7.05 Å².